The fraction of sp³-hybridized carbons (Fsp3) is 0.0833. The number of aryl methyl sites for hydroxylation is 1. The van der Waals surface area contributed by atoms with Gasteiger partial charge in [-0.1, -0.05) is 17.7 Å². The average Bonchev–Trinajstić information content (AvgIpc) is 3.14. The molecule has 0 spiro atoms. The normalized spacial score (nSPS) is 11.3. The largest absolute Gasteiger partial charge is 0.497 e. The Morgan fingerprint density at radius 1 is 0.897 bits per heavy atom. The van der Waals surface area contributed by atoms with Crippen molar-refractivity contribution >= 4 is 21.8 Å². The summed E-state index contributed by atoms with van der Waals surface area (Å²) in [6.07, 6.45) is 1.83. The number of pyridine rings is 1. The Morgan fingerprint density at radius 2 is 1.66 bits per heavy atom. The zero-order chi connectivity index (χ0) is 20.0. The van der Waals surface area contributed by atoms with Crippen LogP contribution in [0.4, 0.5) is 4.39 Å². The van der Waals surface area contributed by atoms with Crippen molar-refractivity contribution in [1.29, 1.82) is 0 Å². The van der Waals surface area contributed by atoms with Gasteiger partial charge in [0, 0.05) is 22.5 Å². The minimum absolute atomic E-state index is 0.274. The van der Waals surface area contributed by atoms with Crippen LogP contribution in [0.25, 0.3) is 38.8 Å². The maximum atomic E-state index is 13.5. The molecule has 0 radical (unpaired) electrons. The predicted molar refractivity (Wildman–Crippen MR) is 113 cm³/mol. The van der Waals surface area contributed by atoms with Crippen LogP contribution in [0.5, 0.6) is 5.75 Å². The lowest BCUT2D eigenvalue weighted by molar-refractivity contribution is 0.415. The van der Waals surface area contributed by atoms with Gasteiger partial charge in [-0.05, 0) is 61.5 Å². The van der Waals surface area contributed by atoms with Gasteiger partial charge >= 0.3 is 0 Å². The van der Waals surface area contributed by atoms with Crippen LogP contribution in [0.3, 0.4) is 0 Å². The second-order valence-electron chi connectivity index (χ2n) is 7.01. The lowest BCUT2D eigenvalue weighted by Crippen LogP contribution is -1.97. The first-order chi connectivity index (χ1) is 14.1. The molecular weight excluding hydrogens is 365 g/mol. The first kappa shape index (κ1) is 17.4. The molecule has 0 N–H and O–H groups in total. The van der Waals surface area contributed by atoms with Gasteiger partial charge in [-0.15, -0.1) is 0 Å². The molecule has 5 rings (SSSR count). The third-order valence-corrected chi connectivity index (χ3v) is 5.11. The van der Waals surface area contributed by atoms with Gasteiger partial charge in [-0.2, -0.15) is 5.10 Å². The molecule has 4 nitrogen and oxygen atoms in total. The van der Waals surface area contributed by atoms with Crippen LogP contribution in [0.1, 0.15) is 5.56 Å². The van der Waals surface area contributed by atoms with Crippen LogP contribution < -0.4 is 4.74 Å². The van der Waals surface area contributed by atoms with E-state index in [1.54, 1.807) is 19.2 Å². The van der Waals surface area contributed by atoms with Crippen molar-refractivity contribution in [2.24, 2.45) is 0 Å². The number of fused-ring (bicyclic) bond motifs is 3. The van der Waals surface area contributed by atoms with Gasteiger partial charge in [-0.25, -0.2) is 9.07 Å². The van der Waals surface area contributed by atoms with E-state index in [9.17, 15) is 4.39 Å². The Bertz CT molecular complexity index is 1340. The third-order valence-electron chi connectivity index (χ3n) is 5.11. The summed E-state index contributed by atoms with van der Waals surface area (Å²) in [6, 6.07) is 20.4. The number of methoxy groups -OCH3 is 1. The molecular formula is C24H18FN3O. The lowest BCUT2D eigenvalue weighted by Gasteiger charge is -2.07. The van der Waals surface area contributed by atoms with Gasteiger partial charge < -0.3 is 4.74 Å². The maximum Gasteiger partial charge on any atom is 0.123 e. The summed E-state index contributed by atoms with van der Waals surface area (Å²) in [5.74, 6) is 0.483. The summed E-state index contributed by atoms with van der Waals surface area (Å²) >= 11 is 0. The topological polar surface area (TPSA) is 39.9 Å². The molecule has 0 atom stereocenters. The summed E-state index contributed by atoms with van der Waals surface area (Å²) in [4.78, 5) is 4.63. The van der Waals surface area contributed by atoms with E-state index in [2.05, 4.69) is 24.0 Å². The van der Waals surface area contributed by atoms with Crippen LogP contribution >= 0.6 is 0 Å². The molecule has 0 saturated heterocycles. The number of hydrogen-bond acceptors (Lipinski definition) is 3. The number of nitrogens with zero attached hydrogens (tertiary/aromatic N) is 3. The fourth-order valence-corrected chi connectivity index (χ4v) is 3.58. The van der Waals surface area contributed by atoms with Crippen molar-refractivity contribution in [2.45, 2.75) is 6.92 Å². The van der Waals surface area contributed by atoms with Gasteiger partial charge in [0.05, 0.1) is 23.8 Å². The Kier molecular flexibility index (Phi) is 4.02. The summed E-state index contributed by atoms with van der Waals surface area (Å²) in [5.41, 5.74) is 5.53. The van der Waals surface area contributed by atoms with Crippen molar-refractivity contribution in [3.05, 3.63) is 84.3 Å². The van der Waals surface area contributed by atoms with Crippen molar-refractivity contribution in [2.75, 3.05) is 7.11 Å². The molecule has 0 saturated carbocycles. The highest BCUT2D eigenvalue weighted by Gasteiger charge is 2.17. The molecule has 0 aliphatic carbocycles. The lowest BCUT2D eigenvalue weighted by atomic mass is 10.1. The minimum Gasteiger partial charge on any atom is -0.497 e. The predicted octanol–water partition coefficient (Wildman–Crippen LogP) is 5.70. The quantitative estimate of drug-likeness (QED) is 0.401. The first-order valence-electron chi connectivity index (χ1n) is 9.32. The van der Waals surface area contributed by atoms with Crippen molar-refractivity contribution in [3.8, 4) is 22.7 Å². The van der Waals surface area contributed by atoms with Gasteiger partial charge in [0.2, 0.25) is 0 Å². The van der Waals surface area contributed by atoms with Gasteiger partial charge in [0.1, 0.15) is 17.3 Å². The number of halogens is 1. The number of ether oxygens (including phenoxy) is 1. The van der Waals surface area contributed by atoms with Crippen molar-refractivity contribution in [1.82, 2.24) is 14.8 Å². The summed E-state index contributed by atoms with van der Waals surface area (Å²) in [5, 5.41) is 6.76. The molecule has 5 aromatic rings. The average molecular weight is 383 g/mol. The van der Waals surface area contributed by atoms with E-state index in [1.165, 1.54) is 17.7 Å². The second-order valence-corrected chi connectivity index (χ2v) is 7.01. The second kappa shape index (κ2) is 6.71. The fourth-order valence-electron chi connectivity index (χ4n) is 3.58. The molecule has 0 amide bonds. The molecule has 0 aliphatic heterocycles. The van der Waals surface area contributed by atoms with E-state index in [1.807, 2.05) is 41.2 Å². The molecule has 0 aliphatic rings. The van der Waals surface area contributed by atoms with E-state index < -0.39 is 0 Å². The van der Waals surface area contributed by atoms with Gasteiger partial charge in [-0.3, -0.25) is 4.98 Å². The number of hydrogen-bond donors (Lipinski definition) is 0. The molecule has 3 aromatic carbocycles. The minimum atomic E-state index is -0.274. The highest BCUT2D eigenvalue weighted by Crippen LogP contribution is 2.35. The van der Waals surface area contributed by atoms with E-state index in [-0.39, 0.29) is 5.82 Å². The van der Waals surface area contributed by atoms with E-state index in [4.69, 9.17) is 9.84 Å². The summed E-state index contributed by atoms with van der Waals surface area (Å²) in [6.45, 7) is 2.05. The van der Waals surface area contributed by atoms with Crippen LogP contribution in [0.15, 0.2) is 72.9 Å². The smallest absolute Gasteiger partial charge is 0.123 e. The summed E-state index contributed by atoms with van der Waals surface area (Å²) in [7, 11) is 1.65. The number of aromatic nitrogens is 3. The molecule has 2 heterocycles. The molecule has 29 heavy (non-hydrogen) atoms. The Labute approximate surface area is 167 Å². The van der Waals surface area contributed by atoms with Crippen LogP contribution in [-0.4, -0.2) is 21.9 Å². The third kappa shape index (κ3) is 2.91. The molecule has 5 heteroatoms. The standard InChI is InChI=1S/C24H18FN3O/c1-15-3-9-18(10-4-15)28-24-20-13-19(29-2)11-12-22(20)26-14-21(24)23(27-28)16-5-7-17(25)8-6-16/h3-14H,1-2H3. The van der Waals surface area contributed by atoms with Crippen LogP contribution in [0, 0.1) is 12.7 Å². The maximum absolute atomic E-state index is 13.5. The highest BCUT2D eigenvalue weighted by molar-refractivity contribution is 6.09. The Morgan fingerprint density at radius 3 is 2.38 bits per heavy atom. The summed E-state index contributed by atoms with van der Waals surface area (Å²) < 4.78 is 20.8. The molecule has 0 bridgehead atoms. The van der Waals surface area contributed by atoms with Crippen molar-refractivity contribution < 1.29 is 9.13 Å². The highest BCUT2D eigenvalue weighted by atomic mass is 19.1. The Balaban J connectivity index is 1.88. The first-order valence-corrected chi connectivity index (χ1v) is 9.32. The van der Waals surface area contributed by atoms with E-state index >= 15 is 0 Å². The number of rotatable bonds is 3. The van der Waals surface area contributed by atoms with E-state index in [0.717, 1.165) is 44.5 Å². The zero-order valence-electron chi connectivity index (χ0n) is 16.1. The molecule has 0 fully saturated rings. The van der Waals surface area contributed by atoms with Crippen molar-refractivity contribution in [3.63, 3.8) is 0 Å². The monoisotopic (exact) mass is 383 g/mol. The van der Waals surface area contributed by atoms with Gasteiger partial charge in [0.25, 0.3) is 0 Å². The van der Waals surface area contributed by atoms with Gasteiger partial charge in [0.15, 0.2) is 0 Å². The van der Waals surface area contributed by atoms with Crippen LogP contribution in [0.2, 0.25) is 0 Å². The molecule has 0 unspecified atom stereocenters. The molecule has 142 valence electrons. The van der Waals surface area contributed by atoms with Crippen LogP contribution in [-0.2, 0) is 0 Å². The zero-order valence-corrected chi connectivity index (χ0v) is 16.1. The molecule has 2 aromatic heterocycles. The number of benzene rings is 3. The van der Waals surface area contributed by atoms with E-state index in [0.29, 0.717) is 0 Å². The SMILES string of the molecule is COc1ccc2ncc3c(-c4ccc(F)cc4)nn(-c4ccc(C)cc4)c3c2c1. The Hall–Kier alpha value is -3.73.